The van der Waals surface area contributed by atoms with E-state index in [1.807, 2.05) is 78.9 Å². The number of benzene rings is 12. The average molecular weight is 1130 g/mol. The van der Waals surface area contributed by atoms with E-state index in [1.165, 1.54) is 10.8 Å². The number of nitrogens with zero attached hydrogens (tertiary/aromatic N) is 10. The molecule has 0 spiro atoms. The van der Waals surface area contributed by atoms with Crippen molar-refractivity contribution in [1.82, 2.24) is 48.2 Å². The second-order valence-corrected chi connectivity index (χ2v) is 22.2. The molecule has 0 aliphatic rings. The van der Waals surface area contributed by atoms with E-state index in [0.29, 0.717) is 35.2 Å². The summed E-state index contributed by atoms with van der Waals surface area (Å²) in [7, 11) is 0. The topological polar surface area (TPSA) is 97.1 Å². The summed E-state index contributed by atoms with van der Waals surface area (Å²) in [6.45, 7) is 0. The van der Waals surface area contributed by atoms with Crippen molar-refractivity contribution in [3.05, 3.63) is 291 Å². The molecule has 0 unspecified atom stereocenters. The molecule has 12 aromatic carbocycles. The maximum atomic E-state index is 5.40. The Morgan fingerprint density at radius 1 is 0.193 bits per heavy atom. The zero-order chi connectivity index (χ0) is 57.8. The second kappa shape index (κ2) is 19.7. The number of rotatable bonds is 9. The zero-order valence-electron chi connectivity index (χ0n) is 47.2. The summed E-state index contributed by atoms with van der Waals surface area (Å²) in [5, 5.41) is 9.14. The maximum absolute atomic E-state index is 5.40. The number of aromatic nitrogens is 10. The minimum Gasteiger partial charge on any atom is -0.309 e. The standard InChI is InChI=1S/C78H48N10/c1-6-22-50(23-7-1)73-79-74(51-24-8-2-9-25-51)83-78(82-73)88-64-37-21-18-34-60(64)71-68(88)45-43-57-61-48-54(42-44-65(61)86(72(57)71)56-30-14-5-15-31-56)49-38-40-53(41-39-49)76-80-75(52-26-10-3-11-27-52)81-77(84-76)87-63-36-20-17-33-59(63)70-67(87)47-46-66-69(70)58-32-16-19-35-62(58)85(66)55-28-12-4-13-29-55/h1-48H. The largest absolute Gasteiger partial charge is 0.309 e. The molecule has 18 aromatic rings. The summed E-state index contributed by atoms with van der Waals surface area (Å²) in [5.41, 5.74) is 16.5. The lowest BCUT2D eigenvalue weighted by Gasteiger charge is -2.12. The molecule has 0 aliphatic carbocycles. The van der Waals surface area contributed by atoms with Crippen LogP contribution in [0.25, 0.3) is 167 Å². The number of hydrogen-bond acceptors (Lipinski definition) is 6. The van der Waals surface area contributed by atoms with Crippen LogP contribution in [-0.2, 0) is 0 Å². The van der Waals surface area contributed by atoms with Crippen LogP contribution in [0.1, 0.15) is 0 Å². The average Bonchev–Trinajstić information content (AvgIpc) is 1.58. The number of fused-ring (bicyclic) bond motifs is 14. The van der Waals surface area contributed by atoms with Gasteiger partial charge in [0, 0.05) is 76.7 Å². The minimum atomic E-state index is 0.546. The first-order valence-corrected chi connectivity index (χ1v) is 29.5. The Hall–Kier alpha value is -12.1. The SMILES string of the molecule is c1ccc(-c2nc(-c3ccc(-c4ccc5c(c4)c4ccc6c(c7ccccc7n6-c6nc(-c7ccccc7)nc(-c7ccccc7)n6)c4n5-c4ccccc4)cc3)nc(-n3c4ccccc4c4c5c6ccccc6n(-c6ccccc6)c5ccc43)n2)cc1. The Morgan fingerprint density at radius 3 is 1.01 bits per heavy atom. The second-order valence-electron chi connectivity index (χ2n) is 22.2. The fourth-order valence-corrected chi connectivity index (χ4v) is 13.4. The molecule has 0 saturated carbocycles. The van der Waals surface area contributed by atoms with Crippen molar-refractivity contribution in [3.8, 4) is 79.9 Å². The van der Waals surface area contributed by atoms with E-state index in [9.17, 15) is 0 Å². The molecule has 6 aromatic heterocycles. The molecule has 410 valence electrons. The van der Waals surface area contributed by atoms with Gasteiger partial charge in [-0.15, -0.1) is 0 Å². The normalized spacial score (nSPS) is 11.9. The van der Waals surface area contributed by atoms with Crippen LogP contribution >= 0.6 is 0 Å². The van der Waals surface area contributed by atoms with Gasteiger partial charge in [-0.25, -0.2) is 9.97 Å². The van der Waals surface area contributed by atoms with Gasteiger partial charge in [0.2, 0.25) is 11.9 Å². The summed E-state index contributed by atoms with van der Waals surface area (Å²) >= 11 is 0. The fraction of sp³-hybridized carbons (Fsp3) is 0. The van der Waals surface area contributed by atoms with Crippen molar-refractivity contribution in [3.63, 3.8) is 0 Å². The highest BCUT2D eigenvalue weighted by Gasteiger charge is 2.26. The van der Waals surface area contributed by atoms with Crippen LogP contribution in [-0.4, -0.2) is 48.2 Å². The van der Waals surface area contributed by atoms with Crippen LogP contribution in [0.5, 0.6) is 0 Å². The predicted molar refractivity (Wildman–Crippen MR) is 358 cm³/mol. The molecule has 0 aliphatic heterocycles. The fourth-order valence-electron chi connectivity index (χ4n) is 13.4. The number of hydrogen-bond donors (Lipinski definition) is 0. The molecular formula is C78H48N10. The summed E-state index contributed by atoms with van der Waals surface area (Å²) < 4.78 is 9.21. The van der Waals surface area contributed by atoms with Gasteiger partial charge in [-0.2, -0.15) is 19.9 Å². The van der Waals surface area contributed by atoms with E-state index < -0.39 is 0 Å². The van der Waals surface area contributed by atoms with Crippen LogP contribution in [0.15, 0.2) is 291 Å². The van der Waals surface area contributed by atoms with Crippen molar-refractivity contribution < 1.29 is 0 Å². The van der Waals surface area contributed by atoms with E-state index in [-0.39, 0.29) is 0 Å². The Morgan fingerprint density at radius 2 is 0.523 bits per heavy atom. The lowest BCUT2D eigenvalue weighted by molar-refractivity contribution is 0.953. The third-order valence-electron chi connectivity index (χ3n) is 17.3. The highest BCUT2D eigenvalue weighted by Crippen LogP contribution is 2.45. The van der Waals surface area contributed by atoms with Gasteiger partial charge < -0.3 is 9.13 Å². The van der Waals surface area contributed by atoms with Crippen molar-refractivity contribution in [1.29, 1.82) is 0 Å². The lowest BCUT2D eigenvalue weighted by atomic mass is 10.0. The van der Waals surface area contributed by atoms with Gasteiger partial charge >= 0.3 is 0 Å². The highest BCUT2D eigenvalue weighted by molar-refractivity contribution is 6.29. The number of para-hydroxylation sites is 5. The Balaban J connectivity index is 0.791. The quantitative estimate of drug-likeness (QED) is 0.143. The molecule has 10 heteroatoms. The van der Waals surface area contributed by atoms with Gasteiger partial charge in [-0.05, 0) is 83.9 Å². The molecule has 0 N–H and O–H groups in total. The van der Waals surface area contributed by atoms with Crippen LogP contribution < -0.4 is 0 Å². The molecular weight excluding hydrogens is 1080 g/mol. The summed E-state index contributed by atoms with van der Waals surface area (Å²) in [4.78, 5) is 31.5. The first kappa shape index (κ1) is 49.3. The van der Waals surface area contributed by atoms with Crippen molar-refractivity contribution in [2.45, 2.75) is 0 Å². The molecule has 0 radical (unpaired) electrons. The molecule has 10 nitrogen and oxygen atoms in total. The third-order valence-corrected chi connectivity index (χ3v) is 17.3. The van der Waals surface area contributed by atoms with E-state index in [2.05, 4.69) is 231 Å². The molecule has 0 atom stereocenters. The molecule has 0 bridgehead atoms. The zero-order valence-corrected chi connectivity index (χ0v) is 47.2. The van der Waals surface area contributed by atoms with Crippen LogP contribution in [0, 0.1) is 0 Å². The van der Waals surface area contributed by atoms with E-state index in [0.717, 1.165) is 121 Å². The lowest BCUT2D eigenvalue weighted by Crippen LogP contribution is -2.06. The molecule has 88 heavy (non-hydrogen) atoms. The van der Waals surface area contributed by atoms with Gasteiger partial charge in [0.15, 0.2) is 23.3 Å². The summed E-state index contributed by atoms with van der Waals surface area (Å²) in [6, 6.07) is 102. The molecule has 0 amide bonds. The van der Waals surface area contributed by atoms with Gasteiger partial charge in [0.25, 0.3) is 0 Å². The van der Waals surface area contributed by atoms with Gasteiger partial charge in [0.05, 0.1) is 44.1 Å². The molecule has 0 fully saturated rings. The first-order valence-electron chi connectivity index (χ1n) is 29.5. The summed E-state index contributed by atoms with van der Waals surface area (Å²) in [5.74, 6) is 3.49. The van der Waals surface area contributed by atoms with Crippen LogP contribution in [0.2, 0.25) is 0 Å². The van der Waals surface area contributed by atoms with Crippen LogP contribution in [0.4, 0.5) is 0 Å². The smallest absolute Gasteiger partial charge is 0.238 e. The Bertz CT molecular complexity index is 5720. The van der Waals surface area contributed by atoms with Crippen molar-refractivity contribution >= 4 is 87.2 Å². The first-order chi connectivity index (χ1) is 43.7. The van der Waals surface area contributed by atoms with E-state index in [1.54, 1.807) is 0 Å². The third kappa shape index (κ3) is 7.69. The van der Waals surface area contributed by atoms with Crippen LogP contribution in [0.3, 0.4) is 0 Å². The van der Waals surface area contributed by atoms with E-state index in [4.69, 9.17) is 29.9 Å². The maximum Gasteiger partial charge on any atom is 0.238 e. The molecule has 0 saturated heterocycles. The summed E-state index contributed by atoms with van der Waals surface area (Å²) in [6.07, 6.45) is 0. The Labute approximate surface area is 503 Å². The van der Waals surface area contributed by atoms with Gasteiger partial charge in [-0.3, -0.25) is 9.13 Å². The molecule has 18 rings (SSSR count). The van der Waals surface area contributed by atoms with E-state index >= 15 is 0 Å². The Kier molecular flexibility index (Phi) is 11.1. The predicted octanol–water partition coefficient (Wildman–Crippen LogP) is 18.8. The van der Waals surface area contributed by atoms with Crippen molar-refractivity contribution in [2.75, 3.05) is 0 Å². The molecule has 6 heterocycles. The minimum absolute atomic E-state index is 0.546. The van der Waals surface area contributed by atoms with Gasteiger partial charge in [-0.1, -0.05) is 218 Å². The van der Waals surface area contributed by atoms with Crippen molar-refractivity contribution in [2.24, 2.45) is 0 Å². The highest BCUT2D eigenvalue weighted by atomic mass is 15.2. The van der Waals surface area contributed by atoms with Gasteiger partial charge in [0.1, 0.15) is 0 Å². The monoisotopic (exact) mass is 1120 g/mol.